The molecular formula is C10H14N2O4S. The number of hydrogen-bond donors (Lipinski definition) is 1. The highest BCUT2D eigenvalue weighted by Crippen LogP contribution is 2.26. The van der Waals surface area contributed by atoms with Crippen LogP contribution in [0.2, 0.25) is 0 Å². The van der Waals surface area contributed by atoms with Gasteiger partial charge in [-0.1, -0.05) is 0 Å². The van der Waals surface area contributed by atoms with E-state index in [9.17, 15) is 13.2 Å². The molecule has 1 aromatic heterocycles. The minimum absolute atomic E-state index is 0.0496. The molecule has 0 radical (unpaired) electrons. The number of aromatic nitrogens is 2. The molecule has 1 atom stereocenters. The molecular weight excluding hydrogens is 244 g/mol. The van der Waals surface area contributed by atoms with Crippen molar-refractivity contribution in [1.29, 1.82) is 0 Å². The van der Waals surface area contributed by atoms with Crippen molar-refractivity contribution < 1.29 is 18.3 Å². The third-order valence-corrected chi connectivity index (χ3v) is 4.84. The first-order valence-corrected chi connectivity index (χ1v) is 7.13. The fourth-order valence-electron chi connectivity index (χ4n) is 2.30. The molecule has 6 nitrogen and oxygen atoms in total. The summed E-state index contributed by atoms with van der Waals surface area (Å²) < 4.78 is 24.3. The third kappa shape index (κ3) is 2.06. The van der Waals surface area contributed by atoms with Crippen LogP contribution >= 0.6 is 0 Å². The minimum atomic E-state index is -2.99. The van der Waals surface area contributed by atoms with Crippen LogP contribution in [0.4, 0.5) is 0 Å². The summed E-state index contributed by atoms with van der Waals surface area (Å²) in [5, 5.41) is 13.2. The molecule has 94 valence electrons. The van der Waals surface area contributed by atoms with E-state index in [-0.39, 0.29) is 23.1 Å². The number of carbonyl (C=O) groups is 1. The summed E-state index contributed by atoms with van der Waals surface area (Å²) >= 11 is 0. The number of hydrogen-bond acceptors (Lipinski definition) is 4. The van der Waals surface area contributed by atoms with Crippen LogP contribution in [0.1, 0.15) is 34.2 Å². The van der Waals surface area contributed by atoms with Gasteiger partial charge in [0.2, 0.25) is 0 Å². The van der Waals surface area contributed by atoms with Crippen LogP contribution in [0, 0.1) is 13.8 Å². The number of rotatable bonds is 2. The van der Waals surface area contributed by atoms with E-state index in [0.717, 1.165) is 0 Å². The molecule has 1 saturated heterocycles. The summed E-state index contributed by atoms with van der Waals surface area (Å²) in [6.07, 6.45) is 0.503. The van der Waals surface area contributed by atoms with Crippen molar-refractivity contribution in [2.45, 2.75) is 26.3 Å². The Morgan fingerprint density at radius 2 is 2.12 bits per heavy atom. The summed E-state index contributed by atoms with van der Waals surface area (Å²) in [7, 11) is -2.99. The lowest BCUT2D eigenvalue weighted by atomic mass is 10.2. The van der Waals surface area contributed by atoms with Crippen LogP contribution in [0.3, 0.4) is 0 Å². The zero-order valence-electron chi connectivity index (χ0n) is 9.67. The second-order valence-electron chi connectivity index (χ2n) is 4.35. The second kappa shape index (κ2) is 3.83. The maximum absolute atomic E-state index is 11.4. The van der Waals surface area contributed by atoms with Gasteiger partial charge in [-0.05, 0) is 20.3 Å². The predicted molar refractivity (Wildman–Crippen MR) is 61.0 cm³/mol. The molecule has 0 spiro atoms. The van der Waals surface area contributed by atoms with E-state index < -0.39 is 15.8 Å². The highest BCUT2D eigenvalue weighted by atomic mass is 32.2. The number of aromatic carboxylic acids is 1. The van der Waals surface area contributed by atoms with Crippen LogP contribution in [-0.2, 0) is 9.84 Å². The zero-order valence-corrected chi connectivity index (χ0v) is 10.5. The molecule has 2 rings (SSSR count). The van der Waals surface area contributed by atoms with Crippen molar-refractivity contribution >= 4 is 15.8 Å². The van der Waals surface area contributed by atoms with Crippen LogP contribution in [0.25, 0.3) is 0 Å². The van der Waals surface area contributed by atoms with Gasteiger partial charge in [0.1, 0.15) is 5.56 Å². The number of sulfone groups is 1. The Hall–Kier alpha value is -1.37. The summed E-state index contributed by atoms with van der Waals surface area (Å²) in [6.45, 7) is 3.28. The number of carboxylic acid groups (broad SMARTS) is 1. The average molecular weight is 258 g/mol. The minimum Gasteiger partial charge on any atom is -0.478 e. The molecule has 0 saturated carbocycles. The van der Waals surface area contributed by atoms with E-state index in [2.05, 4.69) is 5.10 Å². The van der Waals surface area contributed by atoms with E-state index in [4.69, 9.17) is 5.11 Å². The molecule has 7 heteroatoms. The average Bonchev–Trinajstić information content (AvgIpc) is 2.67. The van der Waals surface area contributed by atoms with Crippen molar-refractivity contribution in [3.63, 3.8) is 0 Å². The van der Waals surface area contributed by atoms with Crippen molar-refractivity contribution in [3.05, 3.63) is 17.0 Å². The first-order valence-electron chi connectivity index (χ1n) is 5.31. The van der Waals surface area contributed by atoms with Crippen molar-refractivity contribution in [2.75, 3.05) is 11.5 Å². The molecule has 0 aromatic carbocycles. The molecule has 0 aliphatic carbocycles. The van der Waals surface area contributed by atoms with Crippen LogP contribution in [0.15, 0.2) is 0 Å². The van der Waals surface area contributed by atoms with Gasteiger partial charge >= 0.3 is 5.97 Å². The Balaban J connectivity index is 2.42. The number of aryl methyl sites for hydroxylation is 1. The largest absolute Gasteiger partial charge is 0.478 e. The highest BCUT2D eigenvalue weighted by Gasteiger charge is 2.32. The molecule has 0 unspecified atom stereocenters. The van der Waals surface area contributed by atoms with Gasteiger partial charge in [0, 0.05) is 0 Å². The number of carboxylic acids is 1. The molecule has 1 aliphatic heterocycles. The van der Waals surface area contributed by atoms with Gasteiger partial charge in [-0.2, -0.15) is 5.10 Å². The predicted octanol–water partition coefficient (Wildman–Crippen LogP) is 0.558. The highest BCUT2D eigenvalue weighted by molar-refractivity contribution is 7.91. The SMILES string of the molecule is Cc1nn([C@H]2CCS(=O)(=O)C2)c(C)c1C(=O)O. The fraction of sp³-hybridized carbons (Fsp3) is 0.600. The zero-order chi connectivity index (χ0) is 12.8. The van der Waals surface area contributed by atoms with E-state index in [1.54, 1.807) is 18.5 Å². The molecule has 0 bridgehead atoms. The van der Waals surface area contributed by atoms with Crippen molar-refractivity contribution in [2.24, 2.45) is 0 Å². The van der Waals surface area contributed by atoms with Gasteiger partial charge < -0.3 is 5.11 Å². The molecule has 1 aliphatic rings. The second-order valence-corrected chi connectivity index (χ2v) is 6.58. The van der Waals surface area contributed by atoms with Crippen LogP contribution in [0.5, 0.6) is 0 Å². The van der Waals surface area contributed by atoms with E-state index in [1.165, 1.54) is 0 Å². The summed E-state index contributed by atoms with van der Waals surface area (Å²) in [4.78, 5) is 11.0. The summed E-state index contributed by atoms with van der Waals surface area (Å²) in [5.74, 6) is -0.820. The Kier molecular flexibility index (Phi) is 2.73. The Morgan fingerprint density at radius 1 is 1.47 bits per heavy atom. The van der Waals surface area contributed by atoms with Crippen molar-refractivity contribution in [3.8, 4) is 0 Å². The first-order chi connectivity index (χ1) is 7.82. The molecule has 1 aromatic rings. The summed E-state index contributed by atoms with van der Waals surface area (Å²) in [5.41, 5.74) is 1.13. The van der Waals surface area contributed by atoms with E-state index in [0.29, 0.717) is 17.8 Å². The van der Waals surface area contributed by atoms with Gasteiger partial charge in [-0.25, -0.2) is 13.2 Å². The van der Waals surface area contributed by atoms with Gasteiger partial charge in [0.25, 0.3) is 0 Å². The van der Waals surface area contributed by atoms with E-state index in [1.807, 2.05) is 0 Å². The molecule has 17 heavy (non-hydrogen) atoms. The van der Waals surface area contributed by atoms with E-state index >= 15 is 0 Å². The first kappa shape index (κ1) is 12.1. The quantitative estimate of drug-likeness (QED) is 0.837. The fourth-order valence-corrected chi connectivity index (χ4v) is 3.99. The smallest absolute Gasteiger partial charge is 0.339 e. The van der Waals surface area contributed by atoms with Crippen LogP contribution < -0.4 is 0 Å². The monoisotopic (exact) mass is 258 g/mol. The lowest BCUT2D eigenvalue weighted by Crippen LogP contribution is -2.14. The Labute approximate surface area is 99.2 Å². The molecule has 1 N–H and O–H groups in total. The molecule has 0 amide bonds. The van der Waals surface area contributed by atoms with Crippen LogP contribution in [-0.4, -0.2) is 40.8 Å². The Morgan fingerprint density at radius 3 is 2.53 bits per heavy atom. The standard InChI is InChI=1S/C10H14N2O4S/c1-6-9(10(13)14)7(2)12(11-6)8-3-4-17(15,16)5-8/h8H,3-5H2,1-2H3,(H,13,14)/t8-/m0/s1. The topological polar surface area (TPSA) is 89.3 Å². The van der Waals surface area contributed by atoms with Gasteiger partial charge in [0.05, 0.1) is 28.9 Å². The van der Waals surface area contributed by atoms with Gasteiger partial charge in [-0.15, -0.1) is 0 Å². The van der Waals surface area contributed by atoms with Gasteiger partial charge in [-0.3, -0.25) is 4.68 Å². The maximum Gasteiger partial charge on any atom is 0.339 e. The summed E-state index contributed by atoms with van der Waals surface area (Å²) in [6, 6.07) is -0.230. The lowest BCUT2D eigenvalue weighted by Gasteiger charge is -2.10. The number of nitrogens with zero attached hydrogens (tertiary/aromatic N) is 2. The molecule has 2 heterocycles. The van der Waals surface area contributed by atoms with Gasteiger partial charge in [0.15, 0.2) is 9.84 Å². The normalized spacial score (nSPS) is 22.8. The molecule has 1 fully saturated rings. The Bertz CT molecular complexity index is 573. The maximum atomic E-state index is 11.4. The lowest BCUT2D eigenvalue weighted by molar-refractivity contribution is 0.0695. The third-order valence-electron chi connectivity index (χ3n) is 3.09. The van der Waals surface area contributed by atoms with Crippen molar-refractivity contribution in [1.82, 2.24) is 9.78 Å².